The Morgan fingerprint density at radius 1 is 1.61 bits per heavy atom. The van der Waals surface area contributed by atoms with Gasteiger partial charge in [-0.2, -0.15) is 0 Å². The van der Waals surface area contributed by atoms with Crippen molar-refractivity contribution in [2.75, 3.05) is 7.05 Å². The largest absolute Gasteiger partial charge is 0.370 e. The first-order valence-corrected chi connectivity index (χ1v) is 6.14. The molecule has 18 heavy (non-hydrogen) atoms. The molecule has 0 aliphatic heterocycles. The van der Waals surface area contributed by atoms with Crippen LogP contribution in [0.4, 0.5) is 0 Å². The number of aromatic nitrogens is 1. The highest BCUT2D eigenvalue weighted by molar-refractivity contribution is 6.05. The minimum absolute atomic E-state index is 0.117. The van der Waals surface area contributed by atoms with Gasteiger partial charge >= 0.3 is 0 Å². The third kappa shape index (κ3) is 2.50. The first kappa shape index (κ1) is 12.5. The number of hydrogen-bond donors (Lipinski definition) is 2. The van der Waals surface area contributed by atoms with Crippen molar-refractivity contribution in [2.45, 2.75) is 32.1 Å². The number of amides is 1. The molecule has 1 atom stereocenters. The van der Waals surface area contributed by atoms with E-state index in [1.165, 1.54) is 19.0 Å². The molecule has 0 saturated heterocycles. The Kier molecular flexibility index (Phi) is 3.60. The molecule has 1 aliphatic rings. The minimum Gasteiger partial charge on any atom is -0.370 e. The van der Waals surface area contributed by atoms with E-state index in [1.807, 2.05) is 6.07 Å². The van der Waals surface area contributed by atoms with Crippen molar-refractivity contribution in [1.82, 2.24) is 10.3 Å². The Hall–Kier alpha value is -1.91. The fourth-order valence-electron chi connectivity index (χ4n) is 2.27. The predicted molar refractivity (Wildman–Crippen MR) is 70.6 cm³/mol. The lowest BCUT2D eigenvalue weighted by atomic mass is 9.87. The van der Waals surface area contributed by atoms with Crippen LogP contribution in [0.5, 0.6) is 0 Å². The first-order chi connectivity index (χ1) is 8.61. The summed E-state index contributed by atoms with van der Waals surface area (Å²) in [4.78, 5) is 20.0. The Labute approximate surface area is 107 Å². The number of rotatable bonds is 1. The van der Waals surface area contributed by atoms with Gasteiger partial charge in [0.2, 0.25) is 0 Å². The second-order valence-electron chi connectivity index (χ2n) is 4.62. The average molecular weight is 246 g/mol. The lowest BCUT2D eigenvalue weighted by Gasteiger charge is -2.21. The molecular weight excluding hydrogens is 228 g/mol. The van der Waals surface area contributed by atoms with Crippen LogP contribution in [0.15, 0.2) is 17.3 Å². The molecule has 0 bridgehead atoms. The van der Waals surface area contributed by atoms with Crippen molar-refractivity contribution >= 4 is 11.9 Å². The number of carbonyl (C=O) groups is 1. The molecule has 96 valence electrons. The highest BCUT2D eigenvalue weighted by atomic mass is 16.1. The van der Waals surface area contributed by atoms with Gasteiger partial charge in [0.05, 0.1) is 5.56 Å². The van der Waals surface area contributed by atoms with E-state index in [0.29, 0.717) is 11.5 Å². The first-order valence-electron chi connectivity index (χ1n) is 6.14. The van der Waals surface area contributed by atoms with Gasteiger partial charge in [-0.1, -0.05) is 6.92 Å². The molecule has 0 aromatic carbocycles. The summed E-state index contributed by atoms with van der Waals surface area (Å²) >= 11 is 0. The monoisotopic (exact) mass is 246 g/mol. The predicted octanol–water partition coefficient (Wildman–Crippen LogP) is 1.20. The number of hydrogen-bond acceptors (Lipinski definition) is 3. The maximum atomic E-state index is 11.9. The van der Waals surface area contributed by atoms with Crippen LogP contribution in [0, 0.1) is 0 Å². The molecule has 0 radical (unpaired) electrons. The van der Waals surface area contributed by atoms with E-state index in [-0.39, 0.29) is 11.9 Å². The molecular formula is C13H18N4O. The normalized spacial score (nSPS) is 19.2. The molecule has 1 unspecified atom stereocenters. The van der Waals surface area contributed by atoms with Crippen LogP contribution in [0.2, 0.25) is 0 Å². The number of aliphatic imine (C=N–C) groups is 1. The molecule has 0 saturated carbocycles. The van der Waals surface area contributed by atoms with Gasteiger partial charge in [0, 0.05) is 18.9 Å². The molecule has 1 heterocycles. The number of nitrogens with zero attached hydrogens (tertiary/aromatic N) is 2. The SMILES string of the molecule is CN=C(N)NC(=O)c1cnc2c(c1)CCCC2C. The molecule has 0 spiro atoms. The molecule has 1 amide bonds. The quantitative estimate of drug-likeness (QED) is 0.577. The van der Waals surface area contributed by atoms with Gasteiger partial charge in [-0.15, -0.1) is 0 Å². The van der Waals surface area contributed by atoms with Crippen LogP contribution in [0.25, 0.3) is 0 Å². The molecule has 1 aromatic heterocycles. The molecule has 0 fully saturated rings. The Balaban J connectivity index is 2.23. The number of fused-ring (bicyclic) bond motifs is 1. The number of carbonyl (C=O) groups excluding carboxylic acids is 1. The van der Waals surface area contributed by atoms with E-state index in [1.54, 1.807) is 6.20 Å². The van der Waals surface area contributed by atoms with Crippen LogP contribution >= 0.6 is 0 Å². The highest BCUT2D eigenvalue weighted by Crippen LogP contribution is 2.29. The summed E-state index contributed by atoms with van der Waals surface area (Å²) < 4.78 is 0. The van der Waals surface area contributed by atoms with Gasteiger partial charge in [-0.25, -0.2) is 0 Å². The van der Waals surface area contributed by atoms with E-state index in [2.05, 4.69) is 22.2 Å². The number of pyridine rings is 1. The lowest BCUT2D eigenvalue weighted by Crippen LogP contribution is -2.36. The Bertz CT molecular complexity index is 496. The van der Waals surface area contributed by atoms with E-state index >= 15 is 0 Å². The maximum absolute atomic E-state index is 11.9. The van der Waals surface area contributed by atoms with Crippen LogP contribution in [-0.2, 0) is 6.42 Å². The van der Waals surface area contributed by atoms with Gasteiger partial charge < -0.3 is 5.73 Å². The second kappa shape index (κ2) is 5.16. The third-order valence-electron chi connectivity index (χ3n) is 3.30. The summed E-state index contributed by atoms with van der Waals surface area (Å²) in [5, 5.41) is 2.51. The van der Waals surface area contributed by atoms with Gasteiger partial charge in [-0.3, -0.25) is 20.1 Å². The van der Waals surface area contributed by atoms with Crippen molar-refractivity contribution in [3.63, 3.8) is 0 Å². The topological polar surface area (TPSA) is 80.4 Å². The third-order valence-corrected chi connectivity index (χ3v) is 3.30. The van der Waals surface area contributed by atoms with Crippen LogP contribution in [0.3, 0.4) is 0 Å². The minimum atomic E-state index is -0.258. The van der Waals surface area contributed by atoms with E-state index in [0.717, 1.165) is 18.5 Å². The lowest BCUT2D eigenvalue weighted by molar-refractivity contribution is 0.0976. The summed E-state index contributed by atoms with van der Waals surface area (Å²) in [7, 11) is 1.53. The summed E-state index contributed by atoms with van der Waals surface area (Å²) in [6.45, 7) is 2.17. The fraction of sp³-hybridized carbons (Fsp3) is 0.462. The van der Waals surface area contributed by atoms with Gasteiger partial charge in [0.15, 0.2) is 5.96 Å². The molecule has 2 rings (SSSR count). The van der Waals surface area contributed by atoms with E-state index in [4.69, 9.17) is 5.73 Å². The Morgan fingerprint density at radius 3 is 3.11 bits per heavy atom. The summed E-state index contributed by atoms with van der Waals surface area (Å²) in [6, 6.07) is 1.91. The zero-order chi connectivity index (χ0) is 13.1. The number of guanidine groups is 1. The van der Waals surface area contributed by atoms with Crippen molar-refractivity contribution in [1.29, 1.82) is 0 Å². The van der Waals surface area contributed by atoms with Crippen LogP contribution < -0.4 is 11.1 Å². The van der Waals surface area contributed by atoms with Crippen molar-refractivity contribution < 1.29 is 4.79 Å². The molecule has 1 aromatic rings. The van der Waals surface area contributed by atoms with Crippen molar-refractivity contribution in [2.24, 2.45) is 10.7 Å². The van der Waals surface area contributed by atoms with Gasteiger partial charge in [0.1, 0.15) is 0 Å². The zero-order valence-electron chi connectivity index (χ0n) is 10.7. The number of aryl methyl sites for hydroxylation is 1. The summed E-state index contributed by atoms with van der Waals surface area (Å²) in [5.74, 6) is 0.339. The van der Waals surface area contributed by atoms with E-state index in [9.17, 15) is 4.79 Å². The maximum Gasteiger partial charge on any atom is 0.259 e. The Morgan fingerprint density at radius 2 is 2.39 bits per heavy atom. The molecule has 1 aliphatic carbocycles. The fourth-order valence-corrected chi connectivity index (χ4v) is 2.27. The molecule has 5 nitrogen and oxygen atoms in total. The number of nitrogens with one attached hydrogen (secondary N) is 1. The average Bonchev–Trinajstić information content (AvgIpc) is 2.38. The summed E-state index contributed by atoms with van der Waals surface area (Å²) in [6.07, 6.45) is 4.92. The van der Waals surface area contributed by atoms with Crippen molar-refractivity contribution in [3.05, 3.63) is 29.1 Å². The smallest absolute Gasteiger partial charge is 0.259 e. The van der Waals surface area contributed by atoms with Crippen LogP contribution in [0.1, 0.15) is 47.3 Å². The van der Waals surface area contributed by atoms with Crippen LogP contribution in [-0.4, -0.2) is 23.9 Å². The van der Waals surface area contributed by atoms with E-state index < -0.39 is 0 Å². The second-order valence-corrected chi connectivity index (χ2v) is 4.62. The highest BCUT2D eigenvalue weighted by Gasteiger charge is 2.19. The molecule has 5 heteroatoms. The zero-order valence-corrected chi connectivity index (χ0v) is 10.7. The summed E-state index contributed by atoms with van der Waals surface area (Å²) in [5.41, 5.74) is 8.30. The van der Waals surface area contributed by atoms with Crippen molar-refractivity contribution in [3.8, 4) is 0 Å². The van der Waals surface area contributed by atoms with Gasteiger partial charge in [0.25, 0.3) is 5.91 Å². The standard InChI is InChI=1S/C13H18N4O/c1-8-4-3-5-9-6-10(7-16-11(8)9)12(18)17-13(14)15-2/h6-8H,3-5H2,1-2H3,(H3,14,15,17,18). The molecule has 3 N–H and O–H groups in total. The van der Waals surface area contributed by atoms with Gasteiger partial charge in [-0.05, 0) is 36.8 Å². The number of nitrogens with two attached hydrogens (primary N) is 1.